The van der Waals surface area contributed by atoms with Crippen molar-refractivity contribution in [2.24, 2.45) is 9.98 Å². The van der Waals surface area contributed by atoms with Gasteiger partial charge in [0.05, 0.1) is 12.1 Å². The van der Waals surface area contributed by atoms with E-state index in [0.29, 0.717) is 11.8 Å². The van der Waals surface area contributed by atoms with Crippen LogP contribution in [0.4, 0.5) is 0 Å². The second-order valence-electron chi connectivity index (χ2n) is 9.92. The predicted molar refractivity (Wildman–Crippen MR) is 152 cm³/mol. The van der Waals surface area contributed by atoms with Crippen LogP contribution in [0, 0.1) is 0 Å². The molecule has 2 N–H and O–H groups in total. The Labute approximate surface area is 248 Å². The number of aromatic hydroxyl groups is 2. The van der Waals surface area contributed by atoms with E-state index in [0.717, 1.165) is 57.1 Å². The second kappa shape index (κ2) is 19.0. The van der Waals surface area contributed by atoms with Crippen LogP contribution in [0.1, 0.15) is 108 Å². The third-order valence-corrected chi connectivity index (χ3v) is 6.69. The zero-order valence-corrected chi connectivity index (χ0v) is 25.3. The number of carboxylic acids is 2. The predicted octanol–water partition coefficient (Wildman–Crippen LogP) is 4.09. The number of aliphatic imine (C=N–C) groups is 2. The summed E-state index contributed by atoms with van der Waals surface area (Å²) in [7, 11) is 0. The minimum Gasteiger partial charge on any atom is -0.550 e. The van der Waals surface area contributed by atoms with E-state index in [4.69, 9.17) is 29.8 Å². The zero-order valence-electron chi connectivity index (χ0n) is 24.2. The molecule has 4 atom stereocenters. The molecule has 2 aromatic rings. The van der Waals surface area contributed by atoms with Crippen molar-refractivity contribution < 1.29 is 46.8 Å². The van der Waals surface area contributed by atoms with E-state index in [9.17, 15) is 10.2 Å². The van der Waals surface area contributed by atoms with E-state index in [1.54, 1.807) is 12.1 Å². The zero-order chi connectivity index (χ0) is 29.5. The first kappa shape index (κ1) is 36.8. The molecule has 0 heterocycles. The molecule has 1 aliphatic carbocycles. The second-order valence-corrected chi connectivity index (χ2v) is 9.92. The molecule has 0 aliphatic heterocycles. The molecule has 8 nitrogen and oxygen atoms in total. The van der Waals surface area contributed by atoms with Crippen LogP contribution in [0.25, 0.3) is 0 Å². The van der Waals surface area contributed by atoms with Crippen LogP contribution in [0.15, 0.2) is 46.4 Å². The summed E-state index contributed by atoms with van der Waals surface area (Å²) >= 11 is 0. The van der Waals surface area contributed by atoms with Crippen LogP contribution in [0.3, 0.4) is 0 Å². The number of carbonyl (C=O) groups is 2. The number of carboxylic acid groups (broad SMARTS) is 2. The first-order valence-corrected chi connectivity index (χ1v) is 13.4. The van der Waals surface area contributed by atoms with Gasteiger partial charge in [-0.1, -0.05) is 39.8 Å². The average molecular weight is 598 g/mol. The molecular formula is C31H42CoN2O6. The normalized spacial score (nSPS) is 17.6. The fraction of sp³-hybridized carbons (Fsp3) is 0.484. The Morgan fingerprint density at radius 3 is 1.45 bits per heavy atom. The van der Waals surface area contributed by atoms with E-state index >= 15 is 0 Å². The van der Waals surface area contributed by atoms with Gasteiger partial charge in [-0.15, -0.1) is 0 Å². The molecular weight excluding hydrogens is 555 g/mol. The molecule has 3 rings (SSSR count). The fourth-order valence-corrected chi connectivity index (χ4v) is 4.01. The summed E-state index contributed by atoms with van der Waals surface area (Å²) in [5.74, 6) is -0.679. The minimum atomic E-state index is -1.08. The summed E-state index contributed by atoms with van der Waals surface area (Å²) in [6.45, 7) is 10.7. The number of aliphatic carboxylic acids is 2. The van der Waals surface area contributed by atoms with Gasteiger partial charge >= 0.3 is 16.8 Å². The first-order chi connectivity index (χ1) is 18.4. The van der Waals surface area contributed by atoms with Crippen molar-refractivity contribution in [1.82, 2.24) is 0 Å². The van der Waals surface area contributed by atoms with Crippen molar-refractivity contribution in [3.8, 4) is 11.5 Å². The largest absolute Gasteiger partial charge is 2.00 e. The fourth-order valence-electron chi connectivity index (χ4n) is 4.01. The van der Waals surface area contributed by atoms with Crippen LogP contribution in [-0.4, -0.2) is 46.7 Å². The summed E-state index contributed by atoms with van der Waals surface area (Å²) in [5.41, 5.74) is 4.04. The van der Waals surface area contributed by atoms with E-state index in [2.05, 4.69) is 27.7 Å². The molecule has 1 saturated carbocycles. The van der Waals surface area contributed by atoms with Gasteiger partial charge in [0, 0.05) is 35.5 Å². The van der Waals surface area contributed by atoms with Crippen molar-refractivity contribution >= 4 is 24.4 Å². The Balaban J connectivity index is 0.00000149. The molecule has 4 unspecified atom stereocenters. The van der Waals surface area contributed by atoms with Crippen LogP contribution in [0.5, 0.6) is 11.5 Å². The molecule has 1 radical (unpaired) electrons. The standard InChI is InChI=1S/C27H36N2O2.2C2H4O2.Co/c1-5-18(3)20-7-11-26(30)22(13-20)16-28-24-9-10-25(15-24)29-17-23-14-21(19(4)6-2)8-12-27(23)31;2*1-2(3)4;/h7-8,11-14,16-19,24-25,30-31H,5-6,9-10,15H2,1-4H3;2*1H3,(H,3,4);/q;;;+2/p-2. The number of nitrogens with zero attached hydrogens (tertiary/aromatic N) is 2. The van der Waals surface area contributed by atoms with Gasteiger partial charge in [-0.2, -0.15) is 0 Å². The maximum absolute atomic E-state index is 10.2. The first-order valence-electron chi connectivity index (χ1n) is 13.4. The van der Waals surface area contributed by atoms with E-state index in [1.165, 1.54) is 11.1 Å². The van der Waals surface area contributed by atoms with Gasteiger partial charge in [-0.05, 0) is 93.2 Å². The van der Waals surface area contributed by atoms with Gasteiger partial charge < -0.3 is 30.0 Å². The van der Waals surface area contributed by atoms with Gasteiger partial charge in [0.15, 0.2) is 0 Å². The molecule has 2 aromatic carbocycles. The van der Waals surface area contributed by atoms with Gasteiger partial charge in [-0.25, -0.2) is 0 Å². The summed E-state index contributed by atoms with van der Waals surface area (Å²) < 4.78 is 0. The maximum atomic E-state index is 10.2. The molecule has 221 valence electrons. The number of phenols is 2. The quantitative estimate of drug-likeness (QED) is 0.439. The molecule has 0 bridgehead atoms. The van der Waals surface area contributed by atoms with Crippen molar-refractivity contribution in [3.63, 3.8) is 0 Å². The number of rotatable bonds is 8. The maximum Gasteiger partial charge on any atom is 2.00 e. The molecule has 0 amide bonds. The van der Waals surface area contributed by atoms with Crippen LogP contribution in [0.2, 0.25) is 0 Å². The summed E-state index contributed by atoms with van der Waals surface area (Å²) in [4.78, 5) is 27.3. The Kier molecular flexibility index (Phi) is 17.5. The molecule has 1 aliphatic rings. The van der Waals surface area contributed by atoms with Crippen LogP contribution >= 0.6 is 0 Å². The third-order valence-electron chi connectivity index (χ3n) is 6.69. The monoisotopic (exact) mass is 597 g/mol. The van der Waals surface area contributed by atoms with Crippen molar-refractivity contribution in [3.05, 3.63) is 58.7 Å². The Bertz CT molecular complexity index is 1040. The van der Waals surface area contributed by atoms with E-state index < -0.39 is 11.9 Å². The Hall–Kier alpha value is -3.17. The Morgan fingerprint density at radius 2 is 1.15 bits per heavy atom. The van der Waals surface area contributed by atoms with Crippen molar-refractivity contribution in [1.29, 1.82) is 0 Å². The van der Waals surface area contributed by atoms with Gasteiger partial charge in [0.1, 0.15) is 11.5 Å². The number of hydrogen-bond donors (Lipinski definition) is 2. The van der Waals surface area contributed by atoms with Crippen molar-refractivity contribution in [2.45, 2.75) is 97.6 Å². The smallest absolute Gasteiger partial charge is 0.550 e. The number of benzene rings is 2. The molecule has 40 heavy (non-hydrogen) atoms. The summed E-state index contributed by atoms with van der Waals surface area (Å²) in [5, 5.41) is 38.2. The topological polar surface area (TPSA) is 145 Å². The molecule has 0 aromatic heterocycles. The summed E-state index contributed by atoms with van der Waals surface area (Å²) in [6, 6.07) is 12.0. The van der Waals surface area contributed by atoms with Crippen molar-refractivity contribution in [2.75, 3.05) is 0 Å². The number of phenolic OH excluding ortho intramolecular Hbond substituents is 2. The number of hydrogen-bond acceptors (Lipinski definition) is 8. The third kappa shape index (κ3) is 13.8. The van der Waals surface area contributed by atoms with Gasteiger partial charge in [0.2, 0.25) is 0 Å². The molecule has 0 saturated heterocycles. The summed E-state index contributed by atoms with van der Waals surface area (Å²) in [6.07, 6.45) is 8.65. The SMILES string of the molecule is CC(=O)[O-].CC(=O)[O-].CCC(C)c1ccc(O)c(C=NC2CCC(N=Cc3cc(C(C)CC)ccc3O)C2)c1.[Co+2]. The minimum absolute atomic E-state index is 0. The van der Waals surface area contributed by atoms with E-state index in [-0.39, 0.29) is 40.4 Å². The van der Waals surface area contributed by atoms with E-state index in [1.807, 2.05) is 36.7 Å². The van der Waals surface area contributed by atoms with Crippen LogP contribution in [-0.2, 0) is 26.4 Å². The number of carbonyl (C=O) groups excluding carboxylic acids is 2. The average Bonchev–Trinajstić information content (AvgIpc) is 3.34. The van der Waals surface area contributed by atoms with Gasteiger partial charge in [0.25, 0.3) is 0 Å². The van der Waals surface area contributed by atoms with Gasteiger partial charge in [-0.3, -0.25) is 9.98 Å². The molecule has 9 heteroatoms. The Morgan fingerprint density at radius 1 is 0.825 bits per heavy atom. The molecule has 1 fully saturated rings. The molecule has 0 spiro atoms. The van der Waals surface area contributed by atoms with Crippen LogP contribution < -0.4 is 10.2 Å².